The number of amides is 2. The Kier molecular flexibility index (Phi) is 4.77. The summed E-state index contributed by atoms with van der Waals surface area (Å²) >= 11 is 0. The number of nitrogens with zero attached hydrogens (tertiary/aromatic N) is 1. The van der Waals surface area contributed by atoms with Gasteiger partial charge in [-0.15, -0.1) is 0 Å². The van der Waals surface area contributed by atoms with Crippen molar-refractivity contribution < 1.29 is 28.6 Å². The molecule has 6 nitrogen and oxygen atoms in total. The molecule has 1 aliphatic rings. The minimum Gasteiger partial charge on any atom is -0.506 e. The number of imide groups is 1. The SMILES string of the molecule is COC(=O)Cc1cccc(/C(O)=C2\C(=O)N(C(C)=O)c3cc(F)ccc32)c1. The lowest BCUT2D eigenvalue weighted by molar-refractivity contribution is -0.139. The number of esters is 1. The Balaban J connectivity index is 2.13. The van der Waals surface area contributed by atoms with Gasteiger partial charge in [-0.2, -0.15) is 0 Å². The number of hydrogen-bond donors (Lipinski definition) is 1. The van der Waals surface area contributed by atoms with E-state index < -0.39 is 23.6 Å². The Morgan fingerprint density at radius 1 is 1.19 bits per heavy atom. The second-order valence-electron chi connectivity index (χ2n) is 6.00. The lowest BCUT2D eigenvalue weighted by Crippen LogP contribution is -2.31. The van der Waals surface area contributed by atoms with Crippen molar-refractivity contribution in [2.75, 3.05) is 12.0 Å². The first-order valence-corrected chi connectivity index (χ1v) is 8.07. The molecule has 3 rings (SSSR count). The summed E-state index contributed by atoms with van der Waals surface area (Å²) in [7, 11) is 1.27. The summed E-state index contributed by atoms with van der Waals surface area (Å²) < 4.78 is 18.2. The Morgan fingerprint density at radius 2 is 1.93 bits per heavy atom. The van der Waals surface area contributed by atoms with Crippen LogP contribution in [0.3, 0.4) is 0 Å². The van der Waals surface area contributed by atoms with E-state index in [1.165, 1.54) is 20.1 Å². The number of ether oxygens (including phenoxy) is 1. The first kappa shape index (κ1) is 18.3. The van der Waals surface area contributed by atoms with Gasteiger partial charge in [0, 0.05) is 18.1 Å². The Morgan fingerprint density at radius 3 is 2.59 bits per heavy atom. The van der Waals surface area contributed by atoms with E-state index in [1.54, 1.807) is 24.3 Å². The van der Waals surface area contributed by atoms with Crippen LogP contribution in [0.15, 0.2) is 42.5 Å². The van der Waals surface area contributed by atoms with Crippen molar-refractivity contribution in [3.63, 3.8) is 0 Å². The standard InChI is InChI=1S/C20H16FNO5/c1-11(23)22-16-10-14(21)6-7-15(16)18(20(22)26)19(25)13-5-3-4-12(8-13)9-17(24)27-2/h3-8,10,25H,9H2,1-2H3/b19-18+. The second kappa shape index (κ2) is 7.03. The first-order valence-electron chi connectivity index (χ1n) is 8.07. The molecule has 0 atom stereocenters. The molecule has 0 spiro atoms. The van der Waals surface area contributed by atoms with E-state index in [-0.39, 0.29) is 29.0 Å². The number of aliphatic hydroxyl groups is 1. The molecule has 2 aromatic carbocycles. The molecule has 1 N–H and O–H groups in total. The van der Waals surface area contributed by atoms with Crippen LogP contribution in [0.1, 0.15) is 23.6 Å². The van der Waals surface area contributed by atoms with Gasteiger partial charge >= 0.3 is 5.97 Å². The highest BCUT2D eigenvalue weighted by Crippen LogP contribution is 2.40. The van der Waals surface area contributed by atoms with E-state index in [1.807, 2.05) is 0 Å². The molecule has 138 valence electrons. The Labute approximate surface area is 154 Å². The van der Waals surface area contributed by atoms with Crippen molar-refractivity contribution >= 4 is 34.8 Å². The first-order chi connectivity index (χ1) is 12.8. The van der Waals surface area contributed by atoms with Crippen molar-refractivity contribution in [1.82, 2.24) is 0 Å². The van der Waals surface area contributed by atoms with E-state index in [4.69, 9.17) is 0 Å². The van der Waals surface area contributed by atoms with Gasteiger partial charge in [-0.1, -0.05) is 18.2 Å². The van der Waals surface area contributed by atoms with E-state index in [0.29, 0.717) is 11.1 Å². The number of hydrogen-bond acceptors (Lipinski definition) is 5. The molecule has 2 amide bonds. The van der Waals surface area contributed by atoms with E-state index in [9.17, 15) is 23.9 Å². The largest absolute Gasteiger partial charge is 0.506 e. The molecule has 7 heteroatoms. The molecule has 1 heterocycles. The highest BCUT2D eigenvalue weighted by Gasteiger charge is 2.38. The van der Waals surface area contributed by atoms with Crippen LogP contribution in [0.25, 0.3) is 11.3 Å². The van der Waals surface area contributed by atoms with Gasteiger partial charge in [0.05, 0.1) is 24.8 Å². The van der Waals surface area contributed by atoms with Crippen LogP contribution in [-0.2, 0) is 25.5 Å². The zero-order valence-electron chi connectivity index (χ0n) is 14.7. The van der Waals surface area contributed by atoms with Crippen molar-refractivity contribution in [3.8, 4) is 0 Å². The van der Waals surface area contributed by atoms with Crippen LogP contribution in [0, 0.1) is 5.82 Å². The van der Waals surface area contributed by atoms with Crippen LogP contribution in [-0.4, -0.2) is 30.0 Å². The summed E-state index contributed by atoms with van der Waals surface area (Å²) in [6, 6.07) is 9.98. The molecule has 2 aromatic rings. The number of carbonyl (C=O) groups excluding carboxylic acids is 3. The molecule has 0 saturated carbocycles. The zero-order chi connectivity index (χ0) is 19.7. The normalized spacial score (nSPS) is 14.8. The average molecular weight is 369 g/mol. The molecule has 0 bridgehead atoms. The summed E-state index contributed by atoms with van der Waals surface area (Å²) in [6.45, 7) is 1.18. The number of rotatable bonds is 3. The average Bonchev–Trinajstić information content (AvgIpc) is 2.92. The third kappa shape index (κ3) is 3.31. The maximum absolute atomic E-state index is 13.6. The van der Waals surface area contributed by atoms with Crippen LogP contribution >= 0.6 is 0 Å². The summed E-state index contributed by atoms with van der Waals surface area (Å²) in [5, 5.41) is 10.7. The summed E-state index contributed by atoms with van der Waals surface area (Å²) in [5.74, 6) is -2.73. The van der Waals surface area contributed by atoms with Gasteiger partial charge in [0.25, 0.3) is 5.91 Å². The molecule has 0 radical (unpaired) electrons. The monoisotopic (exact) mass is 369 g/mol. The molecular formula is C20H16FNO5. The quantitative estimate of drug-likeness (QED) is 0.511. The summed E-state index contributed by atoms with van der Waals surface area (Å²) in [6.07, 6.45) is 0.00225. The number of carbonyl (C=O) groups is 3. The predicted octanol–water partition coefficient (Wildman–Crippen LogP) is 2.86. The fraction of sp³-hybridized carbons (Fsp3) is 0.150. The van der Waals surface area contributed by atoms with Gasteiger partial charge in [0.1, 0.15) is 11.6 Å². The van der Waals surface area contributed by atoms with Crippen LogP contribution < -0.4 is 4.90 Å². The number of benzene rings is 2. The lowest BCUT2D eigenvalue weighted by atomic mass is 10.00. The second-order valence-corrected chi connectivity index (χ2v) is 6.00. The van der Waals surface area contributed by atoms with Crippen LogP contribution in [0.4, 0.5) is 10.1 Å². The topological polar surface area (TPSA) is 83.9 Å². The number of methoxy groups -OCH3 is 1. The number of aliphatic hydroxyl groups excluding tert-OH is 1. The Hall–Kier alpha value is -3.48. The number of halogens is 1. The van der Waals surface area contributed by atoms with E-state index in [0.717, 1.165) is 17.0 Å². The maximum Gasteiger partial charge on any atom is 0.309 e. The highest BCUT2D eigenvalue weighted by atomic mass is 19.1. The van der Waals surface area contributed by atoms with Crippen LogP contribution in [0.5, 0.6) is 0 Å². The maximum atomic E-state index is 13.6. The van der Waals surface area contributed by atoms with E-state index >= 15 is 0 Å². The predicted molar refractivity (Wildman–Crippen MR) is 96.2 cm³/mol. The van der Waals surface area contributed by atoms with Crippen LogP contribution in [0.2, 0.25) is 0 Å². The molecule has 0 aliphatic carbocycles. The van der Waals surface area contributed by atoms with Gasteiger partial charge in [0.15, 0.2) is 0 Å². The van der Waals surface area contributed by atoms with Gasteiger partial charge in [-0.3, -0.25) is 14.4 Å². The van der Waals surface area contributed by atoms with Gasteiger partial charge in [-0.25, -0.2) is 9.29 Å². The third-order valence-electron chi connectivity index (χ3n) is 4.22. The van der Waals surface area contributed by atoms with Gasteiger partial charge in [0.2, 0.25) is 5.91 Å². The fourth-order valence-electron chi connectivity index (χ4n) is 2.99. The fourth-order valence-corrected chi connectivity index (χ4v) is 2.99. The molecule has 27 heavy (non-hydrogen) atoms. The molecule has 0 aromatic heterocycles. The minimum atomic E-state index is -0.737. The van der Waals surface area contributed by atoms with Gasteiger partial charge < -0.3 is 9.84 Å². The summed E-state index contributed by atoms with van der Waals surface area (Å²) in [5.41, 5.74) is 1.11. The van der Waals surface area contributed by atoms with Gasteiger partial charge in [-0.05, 0) is 29.8 Å². The van der Waals surface area contributed by atoms with Crippen molar-refractivity contribution in [2.45, 2.75) is 13.3 Å². The minimum absolute atomic E-state index is 0.00225. The number of fused-ring (bicyclic) bond motifs is 1. The molecule has 0 saturated heterocycles. The highest BCUT2D eigenvalue weighted by molar-refractivity contribution is 6.42. The Bertz CT molecular complexity index is 996. The van der Waals surface area contributed by atoms with E-state index in [2.05, 4.69) is 4.74 Å². The molecule has 0 fully saturated rings. The molecule has 1 aliphatic heterocycles. The zero-order valence-corrected chi connectivity index (χ0v) is 14.7. The smallest absolute Gasteiger partial charge is 0.309 e. The van der Waals surface area contributed by atoms with Crippen molar-refractivity contribution in [1.29, 1.82) is 0 Å². The summed E-state index contributed by atoms with van der Waals surface area (Å²) in [4.78, 5) is 36.9. The molecule has 0 unspecified atom stereocenters. The molecular weight excluding hydrogens is 353 g/mol. The third-order valence-corrected chi connectivity index (χ3v) is 4.22. The van der Waals surface area contributed by atoms with Crippen molar-refractivity contribution in [2.24, 2.45) is 0 Å². The van der Waals surface area contributed by atoms with Crippen molar-refractivity contribution in [3.05, 3.63) is 65.0 Å². The lowest BCUT2D eigenvalue weighted by Gasteiger charge is -2.12. The number of anilines is 1.